The third kappa shape index (κ3) is 1.63. The number of alkyl halides is 1. The minimum Gasteiger partial charge on any atom is -0.381 e. The Morgan fingerprint density at radius 2 is 2.12 bits per heavy atom. The van der Waals surface area contributed by atoms with Crippen LogP contribution in [-0.2, 0) is 10.4 Å². The zero-order valence-corrected chi connectivity index (χ0v) is 9.12. The highest BCUT2D eigenvalue weighted by Crippen LogP contribution is 2.41. The molecule has 0 spiro atoms. The highest BCUT2D eigenvalue weighted by molar-refractivity contribution is 5.05. The van der Waals surface area contributed by atoms with E-state index in [4.69, 9.17) is 9.26 Å². The molecule has 1 aliphatic heterocycles. The summed E-state index contributed by atoms with van der Waals surface area (Å²) in [6.45, 7) is 1.35. The first-order valence-corrected chi connectivity index (χ1v) is 5.89. The van der Waals surface area contributed by atoms with E-state index >= 15 is 0 Å². The lowest BCUT2D eigenvalue weighted by molar-refractivity contribution is 0.118. The van der Waals surface area contributed by atoms with E-state index in [1.54, 1.807) is 0 Å². The highest BCUT2D eigenvalue weighted by atomic mass is 19.1. The normalized spacial score (nSPS) is 28.7. The molecular weight excluding hydrogens is 211 g/mol. The Hall–Kier alpha value is -0.970. The number of ether oxygens (including phenoxy) is 1. The zero-order valence-electron chi connectivity index (χ0n) is 9.12. The molecule has 0 aromatic carbocycles. The molecule has 2 aliphatic rings. The first-order valence-electron chi connectivity index (χ1n) is 5.89. The average molecular weight is 226 g/mol. The molecule has 1 aliphatic carbocycles. The summed E-state index contributed by atoms with van der Waals surface area (Å²) in [5.74, 6) is 0.964. The van der Waals surface area contributed by atoms with Gasteiger partial charge in [0.15, 0.2) is 11.5 Å². The van der Waals surface area contributed by atoms with Crippen LogP contribution in [0.3, 0.4) is 0 Å². The molecule has 5 heteroatoms. The van der Waals surface area contributed by atoms with E-state index in [2.05, 4.69) is 10.1 Å². The predicted octanol–water partition coefficient (Wildman–Crippen LogP) is 2.31. The van der Waals surface area contributed by atoms with Gasteiger partial charge in [0.1, 0.15) is 0 Å². The van der Waals surface area contributed by atoms with Gasteiger partial charge in [0.25, 0.3) is 5.89 Å². The summed E-state index contributed by atoms with van der Waals surface area (Å²) in [5.41, 5.74) is -1.37. The standard InChI is InChI=1S/C11H15FN2O2/c12-11(4-1-2-5-11)10-13-9(14-16-10)8-3-6-15-7-8/h8H,1-7H2. The van der Waals surface area contributed by atoms with Gasteiger partial charge < -0.3 is 9.26 Å². The van der Waals surface area contributed by atoms with Crippen molar-refractivity contribution in [3.05, 3.63) is 11.7 Å². The number of aromatic nitrogens is 2. The fourth-order valence-electron chi connectivity index (χ4n) is 2.47. The maximum absolute atomic E-state index is 14.3. The first-order chi connectivity index (χ1) is 7.78. The lowest BCUT2D eigenvalue weighted by Gasteiger charge is -2.12. The number of hydrogen-bond acceptors (Lipinski definition) is 4. The molecule has 1 saturated carbocycles. The van der Waals surface area contributed by atoms with Crippen LogP contribution in [0.1, 0.15) is 49.7 Å². The zero-order chi connectivity index (χ0) is 11.0. The quantitative estimate of drug-likeness (QED) is 0.776. The van der Waals surface area contributed by atoms with Gasteiger partial charge in [-0.25, -0.2) is 4.39 Å². The lowest BCUT2D eigenvalue weighted by atomic mass is 10.0. The van der Waals surface area contributed by atoms with E-state index in [1.165, 1.54) is 0 Å². The Labute approximate surface area is 93.2 Å². The molecule has 1 aromatic rings. The van der Waals surface area contributed by atoms with Crippen molar-refractivity contribution in [2.24, 2.45) is 0 Å². The second-order valence-corrected chi connectivity index (χ2v) is 4.69. The Kier molecular flexibility index (Phi) is 2.42. The van der Waals surface area contributed by atoms with Gasteiger partial charge in [-0.1, -0.05) is 5.16 Å². The summed E-state index contributed by atoms with van der Waals surface area (Å²) in [6, 6.07) is 0. The van der Waals surface area contributed by atoms with Crippen LogP contribution in [0.25, 0.3) is 0 Å². The lowest BCUT2D eigenvalue weighted by Crippen LogP contribution is -2.15. The van der Waals surface area contributed by atoms with Gasteiger partial charge in [0, 0.05) is 12.5 Å². The largest absolute Gasteiger partial charge is 0.381 e. The maximum Gasteiger partial charge on any atom is 0.264 e. The molecule has 88 valence electrons. The summed E-state index contributed by atoms with van der Waals surface area (Å²) < 4.78 is 24.6. The first kappa shape index (κ1) is 10.2. The van der Waals surface area contributed by atoms with E-state index < -0.39 is 5.67 Å². The molecular formula is C11H15FN2O2. The Bertz CT molecular complexity index is 368. The Morgan fingerprint density at radius 1 is 1.31 bits per heavy atom. The fraction of sp³-hybridized carbons (Fsp3) is 0.818. The number of halogens is 1. The van der Waals surface area contributed by atoms with Crippen LogP contribution in [0.4, 0.5) is 4.39 Å². The number of rotatable bonds is 2. The molecule has 2 heterocycles. The molecule has 3 rings (SSSR count). The van der Waals surface area contributed by atoms with Crippen molar-refractivity contribution >= 4 is 0 Å². The van der Waals surface area contributed by atoms with E-state index in [1.807, 2.05) is 0 Å². The second kappa shape index (κ2) is 3.80. The van der Waals surface area contributed by atoms with Crippen molar-refractivity contribution in [1.82, 2.24) is 10.1 Å². The minimum absolute atomic E-state index is 0.173. The van der Waals surface area contributed by atoms with Gasteiger partial charge in [-0.05, 0) is 32.1 Å². The van der Waals surface area contributed by atoms with Crippen LogP contribution in [0.15, 0.2) is 4.52 Å². The van der Waals surface area contributed by atoms with Gasteiger partial charge >= 0.3 is 0 Å². The second-order valence-electron chi connectivity index (χ2n) is 4.69. The molecule has 4 nitrogen and oxygen atoms in total. The molecule has 1 saturated heterocycles. The molecule has 0 bridgehead atoms. The van der Waals surface area contributed by atoms with Crippen molar-refractivity contribution in [3.8, 4) is 0 Å². The van der Waals surface area contributed by atoms with Crippen molar-refractivity contribution in [2.45, 2.75) is 43.7 Å². The third-order valence-electron chi connectivity index (χ3n) is 3.52. The highest BCUT2D eigenvalue weighted by Gasteiger charge is 2.41. The smallest absolute Gasteiger partial charge is 0.264 e. The van der Waals surface area contributed by atoms with Gasteiger partial charge in [0.2, 0.25) is 0 Å². The van der Waals surface area contributed by atoms with Gasteiger partial charge in [-0.15, -0.1) is 0 Å². The molecule has 1 aromatic heterocycles. The summed E-state index contributed by atoms with van der Waals surface area (Å²) in [7, 11) is 0. The average Bonchev–Trinajstić information content (AvgIpc) is 2.98. The SMILES string of the molecule is FC1(c2nc(C3CCOC3)no2)CCCC1. The fourth-order valence-corrected chi connectivity index (χ4v) is 2.47. The maximum atomic E-state index is 14.3. The Morgan fingerprint density at radius 3 is 2.81 bits per heavy atom. The van der Waals surface area contributed by atoms with Crippen molar-refractivity contribution in [2.75, 3.05) is 13.2 Å². The molecule has 2 fully saturated rings. The molecule has 0 N–H and O–H groups in total. The summed E-state index contributed by atoms with van der Waals surface area (Å²) in [5, 5.41) is 3.88. The van der Waals surface area contributed by atoms with Crippen molar-refractivity contribution < 1.29 is 13.7 Å². The van der Waals surface area contributed by atoms with E-state index in [9.17, 15) is 4.39 Å². The van der Waals surface area contributed by atoms with E-state index in [0.717, 1.165) is 25.9 Å². The van der Waals surface area contributed by atoms with Crippen LogP contribution in [-0.4, -0.2) is 23.4 Å². The van der Waals surface area contributed by atoms with Gasteiger partial charge in [0.05, 0.1) is 6.61 Å². The summed E-state index contributed by atoms with van der Waals surface area (Å²) >= 11 is 0. The Balaban J connectivity index is 1.81. The monoisotopic (exact) mass is 226 g/mol. The number of hydrogen-bond donors (Lipinski definition) is 0. The van der Waals surface area contributed by atoms with Crippen LogP contribution in [0, 0.1) is 0 Å². The van der Waals surface area contributed by atoms with Crippen molar-refractivity contribution in [1.29, 1.82) is 0 Å². The van der Waals surface area contributed by atoms with Crippen LogP contribution in [0.2, 0.25) is 0 Å². The summed E-state index contributed by atoms with van der Waals surface area (Å²) in [4.78, 5) is 4.21. The van der Waals surface area contributed by atoms with E-state index in [0.29, 0.717) is 25.3 Å². The van der Waals surface area contributed by atoms with E-state index in [-0.39, 0.29) is 11.8 Å². The minimum atomic E-state index is -1.37. The molecule has 1 atom stereocenters. The molecule has 0 amide bonds. The predicted molar refractivity (Wildman–Crippen MR) is 53.7 cm³/mol. The number of nitrogens with zero attached hydrogens (tertiary/aromatic N) is 2. The van der Waals surface area contributed by atoms with Crippen molar-refractivity contribution in [3.63, 3.8) is 0 Å². The van der Waals surface area contributed by atoms with Crippen LogP contribution < -0.4 is 0 Å². The molecule has 1 unspecified atom stereocenters. The summed E-state index contributed by atoms with van der Waals surface area (Å²) in [6.07, 6.45) is 3.73. The molecule has 16 heavy (non-hydrogen) atoms. The van der Waals surface area contributed by atoms with Gasteiger partial charge in [-0.3, -0.25) is 0 Å². The van der Waals surface area contributed by atoms with Gasteiger partial charge in [-0.2, -0.15) is 4.98 Å². The van der Waals surface area contributed by atoms with Crippen LogP contribution >= 0.6 is 0 Å². The molecule has 0 radical (unpaired) electrons. The third-order valence-corrected chi connectivity index (χ3v) is 3.52. The topological polar surface area (TPSA) is 48.2 Å². The van der Waals surface area contributed by atoms with Crippen LogP contribution in [0.5, 0.6) is 0 Å².